The van der Waals surface area contributed by atoms with Crippen LogP contribution in [0, 0.1) is 13.8 Å². The van der Waals surface area contributed by atoms with E-state index >= 15 is 0 Å². The molecule has 0 spiro atoms. The standard InChI is InChI=1S/C21H31N5.HI/c1-16-20(14-23-21(22-3)24-19-12-8-5-9-13-19)17(2)26(25-16)15-18-10-6-4-7-11-18;/h4,6-7,10-11,19H,5,8-9,12-15H2,1-3H3,(H2,22,23,24);1H. The number of halogens is 1. The Labute approximate surface area is 180 Å². The van der Waals surface area contributed by atoms with Gasteiger partial charge in [-0.05, 0) is 32.3 Å². The summed E-state index contributed by atoms with van der Waals surface area (Å²) < 4.78 is 2.10. The quantitative estimate of drug-likeness (QED) is 0.383. The highest BCUT2D eigenvalue weighted by Gasteiger charge is 2.16. The van der Waals surface area contributed by atoms with Crippen LogP contribution in [0.15, 0.2) is 35.3 Å². The first kappa shape index (κ1) is 21.7. The fourth-order valence-electron chi connectivity index (χ4n) is 3.71. The lowest BCUT2D eigenvalue weighted by atomic mass is 9.96. The molecule has 27 heavy (non-hydrogen) atoms. The molecule has 1 aliphatic rings. The van der Waals surface area contributed by atoms with Crippen LogP contribution in [0.5, 0.6) is 0 Å². The van der Waals surface area contributed by atoms with Crippen LogP contribution in [0.4, 0.5) is 0 Å². The van der Waals surface area contributed by atoms with E-state index in [-0.39, 0.29) is 24.0 Å². The lowest BCUT2D eigenvalue weighted by Crippen LogP contribution is -2.43. The van der Waals surface area contributed by atoms with Gasteiger partial charge in [-0.15, -0.1) is 24.0 Å². The highest BCUT2D eigenvalue weighted by molar-refractivity contribution is 14.0. The van der Waals surface area contributed by atoms with E-state index in [9.17, 15) is 0 Å². The summed E-state index contributed by atoms with van der Waals surface area (Å²) in [7, 11) is 1.84. The number of guanidine groups is 1. The fourth-order valence-corrected chi connectivity index (χ4v) is 3.71. The Bertz CT molecular complexity index is 733. The third-order valence-corrected chi connectivity index (χ3v) is 5.31. The first-order valence-corrected chi connectivity index (χ1v) is 9.71. The Hall–Kier alpha value is -1.57. The van der Waals surface area contributed by atoms with Gasteiger partial charge in [0, 0.05) is 30.9 Å². The number of aromatic nitrogens is 2. The van der Waals surface area contributed by atoms with Gasteiger partial charge < -0.3 is 10.6 Å². The zero-order chi connectivity index (χ0) is 18.4. The average molecular weight is 481 g/mol. The highest BCUT2D eigenvalue weighted by atomic mass is 127. The van der Waals surface area contributed by atoms with E-state index in [0.29, 0.717) is 6.04 Å². The third kappa shape index (κ3) is 5.96. The summed E-state index contributed by atoms with van der Waals surface area (Å²) in [5, 5.41) is 11.8. The number of nitrogens with zero attached hydrogens (tertiary/aromatic N) is 3. The van der Waals surface area contributed by atoms with E-state index in [4.69, 9.17) is 5.10 Å². The molecular weight excluding hydrogens is 449 g/mol. The molecule has 0 unspecified atom stereocenters. The molecule has 1 heterocycles. The molecule has 0 radical (unpaired) electrons. The molecule has 2 N–H and O–H groups in total. The minimum absolute atomic E-state index is 0. The molecule has 0 atom stereocenters. The van der Waals surface area contributed by atoms with E-state index in [0.717, 1.165) is 24.7 Å². The molecule has 1 fully saturated rings. The number of hydrogen-bond acceptors (Lipinski definition) is 2. The fraction of sp³-hybridized carbons (Fsp3) is 0.524. The first-order valence-electron chi connectivity index (χ1n) is 9.71. The molecule has 1 saturated carbocycles. The maximum Gasteiger partial charge on any atom is 0.191 e. The second-order valence-electron chi connectivity index (χ2n) is 7.20. The van der Waals surface area contributed by atoms with Crippen LogP contribution in [-0.2, 0) is 13.1 Å². The Kier molecular flexibility index (Phi) is 8.60. The Morgan fingerprint density at radius 1 is 1.15 bits per heavy atom. The van der Waals surface area contributed by atoms with E-state index in [1.165, 1.54) is 48.9 Å². The molecule has 0 saturated heterocycles. The predicted octanol–water partition coefficient (Wildman–Crippen LogP) is 4.16. The lowest BCUT2D eigenvalue weighted by Gasteiger charge is -2.24. The van der Waals surface area contributed by atoms with Crippen LogP contribution in [-0.4, -0.2) is 28.8 Å². The van der Waals surface area contributed by atoms with Gasteiger partial charge >= 0.3 is 0 Å². The maximum atomic E-state index is 4.74. The lowest BCUT2D eigenvalue weighted by molar-refractivity contribution is 0.410. The number of hydrogen-bond donors (Lipinski definition) is 2. The molecule has 0 aliphatic heterocycles. The molecular formula is C21H32IN5. The summed E-state index contributed by atoms with van der Waals surface area (Å²) in [5.41, 5.74) is 4.82. The second-order valence-corrected chi connectivity index (χ2v) is 7.20. The van der Waals surface area contributed by atoms with Gasteiger partial charge in [0.2, 0.25) is 0 Å². The Balaban J connectivity index is 0.00000261. The summed E-state index contributed by atoms with van der Waals surface area (Å²) in [6.07, 6.45) is 6.49. The van der Waals surface area contributed by atoms with Gasteiger partial charge in [0.1, 0.15) is 0 Å². The van der Waals surface area contributed by atoms with Crippen molar-refractivity contribution in [3.05, 3.63) is 52.8 Å². The van der Waals surface area contributed by atoms with Crippen molar-refractivity contribution in [2.24, 2.45) is 4.99 Å². The SMILES string of the molecule is CN=C(NCc1c(C)nn(Cc2ccccc2)c1C)NC1CCCCC1.I. The molecule has 1 aromatic carbocycles. The molecule has 148 valence electrons. The van der Waals surface area contributed by atoms with Crippen molar-refractivity contribution in [1.29, 1.82) is 0 Å². The summed E-state index contributed by atoms with van der Waals surface area (Å²) >= 11 is 0. The average Bonchev–Trinajstić information content (AvgIpc) is 2.93. The Morgan fingerprint density at radius 3 is 2.52 bits per heavy atom. The van der Waals surface area contributed by atoms with Crippen LogP contribution in [0.1, 0.15) is 54.6 Å². The number of aliphatic imine (C=N–C) groups is 1. The van der Waals surface area contributed by atoms with Gasteiger partial charge in [0.25, 0.3) is 0 Å². The summed E-state index contributed by atoms with van der Waals surface area (Å²) in [4.78, 5) is 4.40. The van der Waals surface area contributed by atoms with Gasteiger partial charge in [-0.2, -0.15) is 5.10 Å². The molecule has 3 rings (SSSR count). The van der Waals surface area contributed by atoms with E-state index in [2.05, 4.69) is 58.4 Å². The number of nitrogens with one attached hydrogen (secondary N) is 2. The summed E-state index contributed by atoms with van der Waals surface area (Å²) in [5.74, 6) is 0.895. The minimum atomic E-state index is 0. The van der Waals surface area contributed by atoms with E-state index in [1.54, 1.807) is 0 Å². The van der Waals surface area contributed by atoms with Crippen LogP contribution in [0.2, 0.25) is 0 Å². The number of benzene rings is 1. The first-order chi connectivity index (χ1) is 12.7. The number of aryl methyl sites for hydroxylation is 1. The molecule has 0 amide bonds. The van der Waals surface area contributed by atoms with Crippen molar-refractivity contribution in [3.63, 3.8) is 0 Å². The van der Waals surface area contributed by atoms with Crippen molar-refractivity contribution < 1.29 is 0 Å². The largest absolute Gasteiger partial charge is 0.354 e. The molecule has 2 aromatic rings. The van der Waals surface area contributed by atoms with Crippen LogP contribution in [0.25, 0.3) is 0 Å². The van der Waals surface area contributed by atoms with Gasteiger partial charge in [0.05, 0.1) is 12.2 Å². The van der Waals surface area contributed by atoms with Crippen LogP contribution in [0.3, 0.4) is 0 Å². The van der Waals surface area contributed by atoms with Crippen molar-refractivity contribution in [2.75, 3.05) is 7.05 Å². The zero-order valence-corrected chi connectivity index (χ0v) is 19.0. The topological polar surface area (TPSA) is 54.2 Å². The zero-order valence-electron chi connectivity index (χ0n) is 16.7. The molecule has 1 aliphatic carbocycles. The van der Waals surface area contributed by atoms with Crippen molar-refractivity contribution in [3.8, 4) is 0 Å². The van der Waals surface area contributed by atoms with E-state index in [1.807, 2.05) is 13.1 Å². The summed E-state index contributed by atoms with van der Waals surface area (Å²) in [6, 6.07) is 11.0. The van der Waals surface area contributed by atoms with Gasteiger partial charge in [0.15, 0.2) is 5.96 Å². The molecule has 1 aromatic heterocycles. The molecule has 0 bridgehead atoms. The van der Waals surface area contributed by atoms with Crippen molar-refractivity contribution in [1.82, 2.24) is 20.4 Å². The monoisotopic (exact) mass is 481 g/mol. The van der Waals surface area contributed by atoms with Gasteiger partial charge in [-0.1, -0.05) is 49.6 Å². The van der Waals surface area contributed by atoms with Crippen LogP contribution >= 0.6 is 24.0 Å². The minimum Gasteiger partial charge on any atom is -0.354 e. The normalized spacial score (nSPS) is 15.3. The molecule has 5 nitrogen and oxygen atoms in total. The van der Waals surface area contributed by atoms with Gasteiger partial charge in [-0.25, -0.2) is 0 Å². The van der Waals surface area contributed by atoms with Gasteiger partial charge in [-0.3, -0.25) is 9.67 Å². The third-order valence-electron chi connectivity index (χ3n) is 5.31. The molecule has 6 heteroatoms. The maximum absolute atomic E-state index is 4.74. The smallest absolute Gasteiger partial charge is 0.191 e. The van der Waals surface area contributed by atoms with E-state index < -0.39 is 0 Å². The van der Waals surface area contributed by atoms with Crippen molar-refractivity contribution in [2.45, 2.75) is 65.1 Å². The van der Waals surface area contributed by atoms with Crippen molar-refractivity contribution >= 4 is 29.9 Å². The summed E-state index contributed by atoms with van der Waals surface area (Å²) in [6.45, 7) is 5.79. The second kappa shape index (κ2) is 10.7. The highest BCUT2D eigenvalue weighted by Crippen LogP contribution is 2.18. The number of rotatable bonds is 5. The Morgan fingerprint density at radius 2 is 1.85 bits per heavy atom. The van der Waals surface area contributed by atoms with Crippen LogP contribution < -0.4 is 10.6 Å². The predicted molar refractivity (Wildman–Crippen MR) is 123 cm³/mol.